The Hall–Kier alpha value is -0.800. The van der Waals surface area contributed by atoms with Crippen LogP contribution in [0.5, 0.6) is 0 Å². The van der Waals surface area contributed by atoms with E-state index in [0.717, 1.165) is 32.7 Å². The lowest BCUT2D eigenvalue weighted by Gasteiger charge is -2.26. The first-order valence-corrected chi connectivity index (χ1v) is 6.18. The van der Waals surface area contributed by atoms with Gasteiger partial charge in [0, 0.05) is 18.8 Å². The Morgan fingerprint density at radius 2 is 1.88 bits per heavy atom. The fraction of sp³-hybridized carbons (Fsp3) is 0.692. The van der Waals surface area contributed by atoms with E-state index in [2.05, 4.69) is 30.1 Å². The molecule has 3 unspecified atom stereocenters. The second-order valence-electron chi connectivity index (χ2n) is 5.02. The number of hydrogen-bond donors (Lipinski definition) is 0. The molecular formula is C13H19NO2. The molecule has 0 aromatic carbocycles. The molecule has 2 heterocycles. The fourth-order valence-corrected chi connectivity index (χ4v) is 2.07. The second-order valence-corrected chi connectivity index (χ2v) is 5.02. The van der Waals surface area contributed by atoms with Crippen molar-refractivity contribution >= 4 is 0 Å². The number of epoxide rings is 2. The molecule has 1 aliphatic carbocycles. The van der Waals surface area contributed by atoms with Gasteiger partial charge in [0.25, 0.3) is 0 Å². The predicted molar refractivity (Wildman–Crippen MR) is 62.1 cm³/mol. The molecule has 88 valence electrons. The number of nitrogens with zero attached hydrogens (tertiary/aromatic N) is 1. The summed E-state index contributed by atoms with van der Waals surface area (Å²) in [5.41, 5.74) is 1.35. The van der Waals surface area contributed by atoms with Crippen LogP contribution in [-0.2, 0) is 9.47 Å². The molecule has 0 aromatic heterocycles. The summed E-state index contributed by atoms with van der Waals surface area (Å²) in [6.07, 6.45) is 8.94. The van der Waals surface area contributed by atoms with Gasteiger partial charge in [-0.25, -0.2) is 0 Å². The van der Waals surface area contributed by atoms with E-state index in [4.69, 9.17) is 9.47 Å². The normalized spacial score (nSPS) is 35.8. The van der Waals surface area contributed by atoms with Crippen LogP contribution in [0.15, 0.2) is 23.9 Å². The lowest BCUT2D eigenvalue weighted by atomic mass is 10.0. The van der Waals surface area contributed by atoms with Gasteiger partial charge in [-0.3, -0.25) is 0 Å². The van der Waals surface area contributed by atoms with Crippen LogP contribution in [0, 0.1) is 5.92 Å². The average molecular weight is 221 g/mol. The summed E-state index contributed by atoms with van der Waals surface area (Å²) in [5, 5.41) is 0. The van der Waals surface area contributed by atoms with Crippen LogP contribution in [0.1, 0.15) is 13.3 Å². The quantitative estimate of drug-likeness (QED) is 0.660. The van der Waals surface area contributed by atoms with Crippen molar-refractivity contribution in [3.8, 4) is 0 Å². The summed E-state index contributed by atoms with van der Waals surface area (Å²) in [6, 6.07) is 0. The minimum Gasteiger partial charge on any atom is -0.371 e. The Morgan fingerprint density at radius 3 is 2.31 bits per heavy atom. The third kappa shape index (κ3) is 2.66. The molecule has 0 spiro atoms. The van der Waals surface area contributed by atoms with Crippen LogP contribution >= 0.6 is 0 Å². The van der Waals surface area contributed by atoms with Gasteiger partial charge in [0.2, 0.25) is 0 Å². The fourth-order valence-electron chi connectivity index (χ4n) is 2.07. The summed E-state index contributed by atoms with van der Waals surface area (Å²) >= 11 is 0. The lowest BCUT2D eigenvalue weighted by molar-refractivity contribution is 0.266. The SMILES string of the molecule is CC1C=CC(N(CC2CO2)CC2CO2)=CC1. The molecule has 3 rings (SSSR count). The number of ether oxygens (including phenoxy) is 2. The van der Waals surface area contributed by atoms with Gasteiger partial charge in [-0.05, 0) is 18.4 Å². The van der Waals surface area contributed by atoms with Gasteiger partial charge in [-0.15, -0.1) is 0 Å². The average Bonchev–Trinajstić information content (AvgIpc) is 3.12. The minimum atomic E-state index is 0.451. The highest BCUT2D eigenvalue weighted by molar-refractivity contribution is 5.23. The Balaban J connectivity index is 1.63. The largest absolute Gasteiger partial charge is 0.371 e. The zero-order valence-electron chi connectivity index (χ0n) is 9.76. The van der Waals surface area contributed by atoms with Crippen LogP contribution in [0.4, 0.5) is 0 Å². The molecular weight excluding hydrogens is 202 g/mol. The van der Waals surface area contributed by atoms with Crippen LogP contribution in [0.3, 0.4) is 0 Å². The molecule has 0 amide bonds. The zero-order valence-corrected chi connectivity index (χ0v) is 9.76. The van der Waals surface area contributed by atoms with Crippen molar-refractivity contribution in [2.45, 2.75) is 25.6 Å². The van der Waals surface area contributed by atoms with Gasteiger partial charge in [0.05, 0.1) is 25.4 Å². The number of rotatable bonds is 5. The second kappa shape index (κ2) is 4.22. The van der Waals surface area contributed by atoms with E-state index in [0.29, 0.717) is 18.1 Å². The molecule has 0 bridgehead atoms. The van der Waals surface area contributed by atoms with E-state index in [1.807, 2.05) is 0 Å². The molecule has 2 saturated heterocycles. The first-order valence-electron chi connectivity index (χ1n) is 6.18. The maximum absolute atomic E-state index is 5.32. The van der Waals surface area contributed by atoms with Gasteiger partial charge >= 0.3 is 0 Å². The van der Waals surface area contributed by atoms with E-state index in [1.54, 1.807) is 0 Å². The van der Waals surface area contributed by atoms with Crippen molar-refractivity contribution < 1.29 is 9.47 Å². The molecule has 16 heavy (non-hydrogen) atoms. The summed E-state index contributed by atoms with van der Waals surface area (Å²) in [4.78, 5) is 2.41. The van der Waals surface area contributed by atoms with E-state index in [1.165, 1.54) is 5.70 Å². The molecule has 2 aliphatic heterocycles. The van der Waals surface area contributed by atoms with E-state index >= 15 is 0 Å². The number of hydrogen-bond acceptors (Lipinski definition) is 3. The molecule has 2 fully saturated rings. The first kappa shape index (κ1) is 10.4. The van der Waals surface area contributed by atoms with E-state index in [9.17, 15) is 0 Å². The van der Waals surface area contributed by atoms with Crippen molar-refractivity contribution in [3.05, 3.63) is 23.9 Å². The Morgan fingerprint density at radius 1 is 1.25 bits per heavy atom. The highest BCUT2D eigenvalue weighted by atomic mass is 16.6. The molecule has 3 atom stereocenters. The van der Waals surface area contributed by atoms with Gasteiger partial charge < -0.3 is 14.4 Å². The van der Waals surface area contributed by atoms with Crippen LogP contribution < -0.4 is 0 Å². The van der Waals surface area contributed by atoms with Gasteiger partial charge in [0.1, 0.15) is 0 Å². The maximum atomic E-state index is 5.32. The lowest BCUT2D eigenvalue weighted by Crippen LogP contribution is -2.31. The van der Waals surface area contributed by atoms with Crippen LogP contribution in [0.25, 0.3) is 0 Å². The third-order valence-electron chi connectivity index (χ3n) is 3.31. The molecule has 0 aromatic rings. The maximum Gasteiger partial charge on any atom is 0.0984 e. The summed E-state index contributed by atoms with van der Waals surface area (Å²) in [5.74, 6) is 0.681. The molecule has 3 nitrogen and oxygen atoms in total. The highest BCUT2D eigenvalue weighted by Gasteiger charge is 2.31. The van der Waals surface area contributed by atoms with Crippen molar-refractivity contribution in [3.63, 3.8) is 0 Å². The smallest absolute Gasteiger partial charge is 0.0984 e. The Kier molecular flexibility index (Phi) is 2.74. The van der Waals surface area contributed by atoms with Gasteiger partial charge in [-0.2, -0.15) is 0 Å². The van der Waals surface area contributed by atoms with Crippen molar-refractivity contribution in [2.24, 2.45) is 5.92 Å². The van der Waals surface area contributed by atoms with Crippen molar-refractivity contribution in [1.29, 1.82) is 0 Å². The Labute approximate surface area is 96.7 Å². The monoisotopic (exact) mass is 221 g/mol. The van der Waals surface area contributed by atoms with Gasteiger partial charge in [-0.1, -0.05) is 19.1 Å². The first-order chi connectivity index (χ1) is 7.81. The minimum absolute atomic E-state index is 0.451. The summed E-state index contributed by atoms with van der Waals surface area (Å²) < 4.78 is 10.6. The molecule has 3 heteroatoms. The van der Waals surface area contributed by atoms with E-state index in [-0.39, 0.29) is 0 Å². The topological polar surface area (TPSA) is 28.3 Å². The molecule has 0 saturated carbocycles. The van der Waals surface area contributed by atoms with Crippen molar-refractivity contribution in [2.75, 3.05) is 26.3 Å². The van der Waals surface area contributed by atoms with Gasteiger partial charge in [0.15, 0.2) is 0 Å². The standard InChI is InChI=1S/C13H19NO2/c1-10-2-4-11(5-3-10)14(6-12-8-15-12)7-13-9-16-13/h2,4-5,10,12-13H,3,6-9H2,1H3. The third-order valence-corrected chi connectivity index (χ3v) is 3.31. The van der Waals surface area contributed by atoms with E-state index < -0.39 is 0 Å². The van der Waals surface area contributed by atoms with Crippen LogP contribution in [-0.4, -0.2) is 43.4 Å². The number of allylic oxidation sites excluding steroid dienone is 3. The van der Waals surface area contributed by atoms with Crippen molar-refractivity contribution in [1.82, 2.24) is 4.90 Å². The predicted octanol–water partition coefficient (Wildman–Crippen LogP) is 1.57. The molecule has 3 aliphatic rings. The summed E-state index contributed by atoms with van der Waals surface area (Å²) in [7, 11) is 0. The van der Waals surface area contributed by atoms with Crippen LogP contribution in [0.2, 0.25) is 0 Å². The summed E-state index contributed by atoms with van der Waals surface area (Å²) in [6.45, 7) is 6.14. The molecule has 0 radical (unpaired) electrons. The Bertz CT molecular complexity index is 302. The zero-order chi connectivity index (χ0) is 11.0. The highest BCUT2D eigenvalue weighted by Crippen LogP contribution is 2.23. The molecule has 0 N–H and O–H groups in total.